The SMILES string of the molecule is Cc1cc(/C=N/NC(=O)COc2cccc3cccnc23)c(C)n1-c1ccccc1. The number of carbonyl (C=O) groups excluding carboxylic acids is 1. The molecule has 4 rings (SSSR count). The molecule has 4 aromatic rings. The van der Waals surface area contributed by atoms with Gasteiger partial charge in [-0.3, -0.25) is 9.78 Å². The Morgan fingerprint density at radius 1 is 1.10 bits per heavy atom. The van der Waals surface area contributed by atoms with Crippen LogP contribution in [0.3, 0.4) is 0 Å². The maximum absolute atomic E-state index is 12.1. The number of hydrogen-bond donors (Lipinski definition) is 1. The summed E-state index contributed by atoms with van der Waals surface area (Å²) < 4.78 is 7.79. The average Bonchev–Trinajstić information content (AvgIpc) is 3.06. The van der Waals surface area contributed by atoms with Crippen LogP contribution in [0.2, 0.25) is 0 Å². The fraction of sp³-hybridized carbons (Fsp3) is 0.125. The lowest BCUT2D eigenvalue weighted by atomic mass is 10.2. The molecule has 0 unspecified atom stereocenters. The first-order chi connectivity index (χ1) is 14.6. The van der Waals surface area contributed by atoms with Gasteiger partial charge in [0.25, 0.3) is 5.91 Å². The predicted octanol–water partition coefficient (Wildman–Crippen LogP) is 4.17. The van der Waals surface area contributed by atoms with Crippen molar-refractivity contribution in [1.82, 2.24) is 15.0 Å². The molecule has 0 bridgehead atoms. The van der Waals surface area contributed by atoms with E-state index in [1.54, 1.807) is 18.5 Å². The van der Waals surface area contributed by atoms with E-state index in [0.29, 0.717) is 5.75 Å². The molecular formula is C24H22N4O2. The molecule has 0 spiro atoms. The second-order valence-corrected chi connectivity index (χ2v) is 6.91. The Balaban J connectivity index is 1.40. The Hall–Kier alpha value is -3.93. The predicted molar refractivity (Wildman–Crippen MR) is 118 cm³/mol. The molecule has 0 aliphatic carbocycles. The summed E-state index contributed by atoms with van der Waals surface area (Å²) in [7, 11) is 0. The van der Waals surface area contributed by atoms with Crippen molar-refractivity contribution >= 4 is 23.0 Å². The molecule has 0 aliphatic rings. The van der Waals surface area contributed by atoms with Crippen molar-refractivity contribution in [3.8, 4) is 11.4 Å². The van der Waals surface area contributed by atoms with Crippen molar-refractivity contribution in [3.05, 3.63) is 89.9 Å². The molecule has 0 radical (unpaired) electrons. The third kappa shape index (κ3) is 4.07. The average molecular weight is 398 g/mol. The van der Waals surface area contributed by atoms with E-state index in [-0.39, 0.29) is 12.5 Å². The number of benzene rings is 2. The summed E-state index contributed by atoms with van der Waals surface area (Å²) in [6.07, 6.45) is 3.35. The molecule has 1 amide bonds. The summed E-state index contributed by atoms with van der Waals surface area (Å²) in [5, 5.41) is 5.05. The molecule has 0 aliphatic heterocycles. The van der Waals surface area contributed by atoms with Crippen molar-refractivity contribution in [2.24, 2.45) is 5.10 Å². The summed E-state index contributed by atoms with van der Waals surface area (Å²) in [5.41, 5.74) is 7.43. The number of pyridine rings is 1. The molecule has 0 saturated carbocycles. The maximum atomic E-state index is 12.1. The van der Waals surface area contributed by atoms with E-state index in [2.05, 4.69) is 32.2 Å². The van der Waals surface area contributed by atoms with Crippen LogP contribution in [0.25, 0.3) is 16.6 Å². The van der Waals surface area contributed by atoms with Gasteiger partial charge in [-0.1, -0.05) is 36.4 Å². The molecule has 30 heavy (non-hydrogen) atoms. The first-order valence-electron chi connectivity index (χ1n) is 9.66. The normalized spacial score (nSPS) is 11.1. The highest BCUT2D eigenvalue weighted by molar-refractivity contribution is 5.86. The number of nitrogens with zero attached hydrogens (tertiary/aromatic N) is 3. The van der Waals surface area contributed by atoms with Crippen molar-refractivity contribution in [1.29, 1.82) is 0 Å². The van der Waals surface area contributed by atoms with E-state index >= 15 is 0 Å². The van der Waals surface area contributed by atoms with Gasteiger partial charge >= 0.3 is 0 Å². The monoisotopic (exact) mass is 398 g/mol. The minimum atomic E-state index is -0.337. The third-order valence-electron chi connectivity index (χ3n) is 4.83. The number of aromatic nitrogens is 2. The summed E-state index contributed by atoms with van der Waals surface area (Å²) >= 11 is 0. The Morgan fingerprint density at radius 3 is 2.73 bits per heavy atom. The van der Waals surface area contributed by atoms with E-state index in [1.807, 2.05) is 62.4 Å². The number of rotatable bonds is 6. The molecule has 1 N–H and O–H groups in total. The topological polar surface area (TPSA) is 68.5 Å². The fourth-order valence-electron chi connectivity index (χ4n) is 3.43. The molecule has 0 atom stereocenters. The van der Waals surface area contributed by atoms with Crippen LogP contribution in [0.5, 0.6) is 5.75 Å². The number of fused-ring (bicyclic) bond motifs is 1. The molecule has 0 fully saturated rings. The van der Waals surface area contributed by atoms with Crippen LogP contribution in [0.4, 0.5) is 0 Å². The van der Waals surface area contributed by atoms with Crippen LogP contribution in [0.1, 0.15) is 17.0 Å². The van der Waals surface area contributed by atoms with Crippen molar-refractivity contribution < 1.29 is 9.53 Å². The van der Waals surface area contributed by atoms with Crippen LogP contribution in [-0.2, 0) is 4.79 Å². The van der Waals surface area contributed by atoms with Gasteiger partial charge in [0.15, 0.2) is 6.61 Å². The third-order valence-corrected chi connectivity index (χ3v) is 4.83. The molecule has 2 aromatic heterocycles. The molecule has 6 nitrogen and oxygen atoms in total. The largest absolute Gasteiger partial charge is 0.481 e. The minimum absolute atomic E-state index is 0.143. The quantitative estimate of drug-likeness (QED) is 0.391. The van der Waals surface area contributed by atoms with Gasteiger partial charge < -0.3 is 9.30 Å². The molecular weight excluding hydrogens is 376 g/mol. The highest BCUT2D eigenvalue weighted by Crippen LogP contribution is 2.23. The zero-order chi connectivity index (χ0) is 20.9. The first-order valence-corrected chi connectivity index (χ1v) is 9.66. The number of amides is 1. The number of carbonyl (C=O) groups is 1. The highest BCUT2D eigenvalue weighted by Gasteiger charge is 2.09. The number of nitrogens with one attached hydrogen (secondary N) is 1. The van der Waals surface area contributed by atoms with E-state index < -0.39 is 0 Å². The van der Waals surface area contributed by atoms with Gasteiger partial charge in [0, 0.05) is 34.2 Å². The van der Waals surface area contributed by atoms with Crippen LogP contribution < -0.4 is 10.2 Å². The van der Waals surface area contributed by atoms with Crippen LogP contribution in [0, 0.1) is 13.8 Å². The summed E-state index contributed by atoms with van der Waals surface area (Å²) in [6, 6.07) is 21.6. The number of hydrazone groups is 1. The van der Waals surface area contributed by atoms with Gasteiger partial charge in [0.05, 0.1) is 6.21 Å². The summed E-state index contributed by atoms with van der Waals surface area (Å²) in [5.74, 6) is 0.231. The molecule has 2 heterocycles. The summed E-state index contributed by atoms with van der Waals surface area (Å²) in [6.45, 7) is 3.93. The lowest BCUT2D eigenvalue weighted by molar-refractivity contribution is -0.123. The Labute approximate surface area is 174 Å². The highest BCUT2D eigenvalue weighted by atomic mass is 16.5. The Kier molecular flexibility index (Phi) is 5.57. The van der Waals surface area contributed by atoms with Crippen molar-refractivity contribution in [2.45, 2.75) is 13.8 Å². The van der Waals surface area contributed by atoms with Crippen molar-refractivity contribution in [2.75, 3.05) is 6.61 Å². The van der Waals surface area contributed by atoms with E-state index in [4.69, 9.17) is 4.74 Å². The summed E-state index contributed by atoms with van der Waals surface area (Å²) in [4.78, 5) is 16.5. The molecule has 150 valence electrons. The van der Waals surface area contributed by atoms with Gasteiger partial charge in [-0.05, 0) is 44.2 Å². The maximum Gasteiger partial charge on any atom is 0.277 e. The second-order valence-electron chi connectivity index (χ2n) is 6.91. The number of hydrogen-bond acceptors (Lipinski definition) is 4. The van der Waals surface area contributed by atoms with Gasteiger partial charge in [-0.2, -0.15) is 5.10 Å². The first kappa shape index (κ1) is 19.4. The molecule has 2 aromatic carbocycles. The van der Waals surface area contributed by atoms with E-state index in [0.717, 1.165) is 33.5 Å². The van der Waals surface area contributed by atoms with Gasteiger partial charge in [-0.25, -0.2) is 5.43 Å². The zero-order valence-electron chi connectivity index (χ0n) is 16.9. The van der Waals surface area contributed by atoms with E-state index in [9.17, 15) is 4.79 Å². The van der Waals surface area contributed by atoms with Gasteiger partial charge in [0.2, 0.25) is 0 Å². The van der Waals surface area contributed by atoms with Crippen molar-refractivity contribution in [3.63, 3.8) is 0 Å². The second kappa shape index (κ2) is 8.61. The van der Waals surface area contributed by atoms with Crippen LogP contribution in [0.15, 0.2) is 78.0 Å². The fourth-order valence-corrected chi connectivity index (χ4v) is 3.43. The van der Waals surface area contributed by atoms with Crippen LogP contribution in [-0.4, -0.2) is 28.3 Å². The Morgan fingerprint density at radius 2 is 1.90 bits per heavy atom. The number of para-hydroxylation sites is 2. The number of aryl methyl sites for hydroxylation is 1. The minimum Gasteiger partial charge on any atom is -0.481 e. The number of ether oxygens (including phenoxy) is 1. The molecule has 6 heteroatoms. The standard InChI is InChI=1S/C24H22N4O2/c1-17-14-20(18(2)28(17)21-10-4-3-5-11-21)15-26-27-23(29)16-30-22-12-6-8-19-9-7-13-25-24(19)22/h3-15H,16H2,1-2H3,(H,27,29)/b26-15+. The Bertz CT molecular complexity index is 1210. The van der Waals surface area contributed by atoms with Gasteiger partial charge in [0.1, 0.15) is 11.3 Å². The smallest absolute Gasteiger partial charge is 0.277 e. The lowest BCUT2D eigenvalue weighted by Crippen LogP contribution is -2.24. The van der Waals surface area contributed by atoms with Gasteiger partial charge in [-0.15, -0.1) is 0 Å². The van der Waals surface area contributed by atoms with Crippen LogP contribution >= 0.6 is 0 Å². The lowest BCUT2D eigenvalue weighted by Gasteiger charge is -2.09. The molecule has 0 saturated heterocycles. The zero-order valence-corrected chi connectivity index (χ0v) is 16.9. The van der Waals surface area contributed by atoms with E-state index in [1.165, 1.54) is 0 Å².